The molecular formula is C13H15F3O. The van der Waals surface area contributed by atoms with Gasteiger partial charge in [-0.15, -0.1) is 0 Å². The monoisotopic (exact) mass is 244 g/mol. The molecule has 1 nitrogen and oxygen atoms in total. The second-order valence-corrected chi connectivity index (χ2v) is 4.60. The molecule has 0 bridgehead atoms. The Morgan fingerprint density at radius 2 is 1.82 bits per heavy atom. The molecule has 0 amide bonds. The van der Waals surface area contributed by atoms with Gasteiger partial charge in [0.05, 0.1) is 11.7 Å². The molecular weight excluding hydrogens is 229 g/mol. The van der Waals surface area contributed by atoms with Crippen molar-refractivity contribution in [3.05, 3.63) is 35.4 Å². The predicted octanol–water partition coefficient (Wildman–Crippen LogP) is 3.58. The topological polar surface area (TPSA) is 20.2 Å². The first-order chi connectivity index (χ1) is 7.93. The van der Waals surface area contributed by atoms with Gasteiger partial charge in [0.1, 0.15) is 0 Å². The molecule has 4 heteroatoms. The van der Waals surface area contributed by atoms with Gasteiger partial charge in [0.2, 0.25) is 0 Å². The number of alkyl halides is 3. The summed E-state index contributed by atoms with van der Waals surface area (Å²) in [6.45, 7) is 1.99. The van der Waals surface area contributed by atoms with Crippen molar-refractivity contribution in [3.8, 4) is 0 Å². The smallest absolute Gasteiger partial charge is 0.393 e. The van der Waals surface area contributed by atoms with E-state index in [2.05, 4.69) is 0 Å². The van der Waals surface area contributed by atoms with Crippen LogP contribution in [0.5, 0.6) is 0 Å². The first kappa shape index (κ1) is 12.4. The fourth-order valence-corrected chi connectivity index (χ4v) is 2.54. The van der Waals surface area contributed by atoms with Crippen LogP contribution < -0.4 is 0 Å². The van der Waals surface area contributed by atoms with Gasteiger partial charge in [-0.3, -0.25) is 0 Å². The number of hydrogen-bond acceptors (Lipinski definition) is 1. The molecule has 0 heterocycles. The van der Waals surface area contributed by atoms with E-state index >= 15 is 0 Å². The molecule has 1 saturated carbocycles. The van der Waals surface area contributed by atoms with E-state index in [1.54, 1.807) is 0 Å². The van der Waals surface area contributed by atoms with Crippen LogP contribution in [0.3, 0.4) is 0 Å². The maximum absolute atomic E-state index is 12.4. The maximum atomic E-state index is 12.4. The molecule has 1 fully saturated rings. The molecule has 0 aliphatic heterocycles. The van der Waals surface area contributed by atoms with Crippen molar-refractivity contribution >= 4 is 0 Å². The minimum atomic E-state index is -4.28. The molecule has 2 rings (SSSR count). The van der Waals surface area contributed by atoms with Crippen LogP contribution in [0.4, 0.5) is 13.2 Å². The Hall–Kier alpha value is -1.03. The summed E-state index contributed by atoms with van der Waals surface area (Å²) in [6, 6.07) is 5.30. The van der Waals surface area contributed by atoms with Gasteiger partial charge in [0, 0.05) is 0 Å². The lowest BCUT2D eigenvalue weighted by atomic mass is 9.66. The molecule has 3 unspecified atom stereocenters. The summed E-state index contributed by atoms with van der Waals surface area (Å²) < 4.78 is 37.1. The van der Waals surface area contributed by atoms with Crippen molar-refractivity contribution in [3.63, 3.8) is 0 Å². The van der Waals surface area contributed by atoms with Gasteiger partial charge in [-0.1, -0.05) is 25.5 Å². The van der Waals surface area contributed by atoms with Crippen molar-refractivity contribution in [2.75, 3.05) is 0 Å². The molecule has 1 aromatic carbocycles. The van der Waals surface area contributed by atoms with Crippen molar-refractivity contribution in [2.24, 2.45) is 5.92 Å². The van der Waals surface area contributed by atoms with Crippen LogP contribution in [0.1, 0.15) is 36.8 Å². The number of halogens is 3. The van der Waals surface area contributed by atoms with E-state index in [9.17, 15) is 18.3 Å². The predicted molar refractivity (Wildman–Crippen MR) is 58.6 cm³/mol. The van der Waals surface area contributed by atoms with Crippen LogP contribution in [0.15, 0.2) is 24.3 Å². The van der Waals surface area contributed by atoms with Gasteiger partial charge in [-0.25, -0.2) is 0 Å². The molecule has 1 aromatic rings. The van der Waals surface area contributed by atoms with Crippen LogP contribution in [-0.2, 0) is 6.18 Å². The lowest BCUT2D eigenvalue weighted by Gasteiger charge is -2.41. The summed E-state index contributed by atoms with van der Waals surface area (Å²) in [5.41, 5.74) is 0.282. The maximum Gasteiger partial charge on any atom is 0.416 e. The SMILES string of the molecule is CCC1C(O)CC1c1ccc(C(F)(F)F)cc1. The molecule has 0 saturated heterocycles. The van der Waals surface area contributed by atoms with E-state index in [-0.39, 0.29) is 17.9 Å². The summed E-state index contributed by atoms with van der Waals surface area (Å²) >= 11 is 0. The van der Waals surface area contributed by atoms with Crippen molar-refractivity contribution in [2.45, 2.75) is 38.0 Å². The average Bonchev–Trinajstić information content (AvgIpc) is 2.25. The summed E-state index contributed by atoms with van der Waals surface area (Å²) in [7, 11) is 0. The van der Waals surface area contributed by atoms with E-state index in [0.717, 1.165) is 24.1 Å². The fraction of sp³-hybridized carbons (Fsp3) is 0.538. The Bertz CT molecular complexity index is 383. The van der Waals surface area contributed by atoms with Crippen LogP contribution in [-0.4, -0.2) is 11.2 Å². The quantitative estimate of drug-likeness (QED) is 0.843. The Balaban J connectivity index is 2.14. The van der Waals surface area contributed by atoms with Crippen molar-refractivity contribution in [1.29, 1.82) is 0 Å². The number of hydrogen-bond donors (Lipinski definition) is 1. The highest BCUT2D eigenvalue weighted by atomic mass is 19.4. The van der Waals surface area contributed by atoms with Crippen LogP contribution in [0, 0.1) is 5.92 Å². The molecule has 94 valence electrons. The van der Waals surface area contributed by atoms with Crippen molar-refractivity contribution in [1.82, 2.24) is 0 Å². The zero-order valence-corrected chi connectivity index (χ0v) is 9.54. The molecule has 0 radical (unpaired) electrons. The number of aliphatic hydroxyl groups excluding tert-OH is 1. The van der Waals surface area contributed by atoms with Gasteiger partial charge in [0.25, 0.3) is 0 Å². The van der Waals surface area contributed by atoms with Gasteiger partial charge in [-0.05, 0) is 36.0 Å². The summed E-state index contributed by atoms with van der Waals surface area (Å²) in [6.07, 6.45) is -3.06. The zero-order chi connectivity index (χ0) is 12.6. The van der Waals surface area contributed by atoms with E-state index in [0.29, 0.717) is 6.42 Å². The van der Waals surface area contributed by atoms with E-state index in [1.807, 2.05) is 6.92 Å². The first-order valence-electron chi connectivity index (χ1n) is 5.78. The molecule has 3 atom stereocenters. The lowest BCUT2D eigenvalue weighted by molar-refractivity contribution is -0.137. The summed E-state index contributed by atoms with van der Waals surface area (Å²) in [5.74, 6) is 0.393. The van der Waals surface area contributed by atoms with Gasteiger partial charge >= 0.3 is 6.18 Å². The van der Waals surface area contributed by atoms with Crippen LogP contribution in [0.2, 0.25) is 0 Å². The molecule has 0 aromatic heterocycles. The third-order valence-corrected chi connectivity index (χ3v) is 3.64. The molecule has 1 aliphatic carbocycles. The Morgan fingerprint density at radius 3 is 2.24 bits per heavy atom. The minimum absolute atomic E-state index is 0.187. The molecule has 1 N–H and O–H groups in total. The normalized spacial score (nSPS) is 28.9. The first-order valence-corrected chi connectivity index (χ1v) is 5.78. The number of rotatable bonds is 2. The largest absolute Gasteiger partial charge is 0.416 e. The lowest BCUT2D eigenvalue weighted by Crippen LogP contribution is -2.39. The third-order valence-electron chi connectivity index (χ3n) is 3.64. The highest BCUT2D eigenvalue weighted by Crippen LogP contribution is 2.44. The summed E-state index contributed by atoms with van der Waals surface area (Å²) in [4.78, 5) is 0. The molecule has 0 spiro atoms. The molecule has 1 aliphatic rings. The van der Waals surface area contributed by atoms with Gasteiger partial charge in [-0.2, -0.15) is 13.2 Å². The van der Waals surface area contributed by atoms with E-state index < -0.39 is 11.7 Å². The van der Waals surface area contributed by atoms with Crippen molar-refractivity contribution < 1.29 is 18.3 Å². The van der Waals surface area contributed by atoms with Gasteiger partial charge in [0.15, 0.2) is 0 Å². The zero-order valence-electron chi connectivity index (χ0n) is 9.54. The van der Waals surface area contributed by atoms with E-state index in [4.69, 9.17) is 0 Å². The van der Waals surface area contributed by atoms with Crippen LogP contribution >= 0.6 is 0 Å². The second kappa shape index (κ2) is 4.33. The number of benzene rings is 1. The number of aliphatic hydroxyl groups is 1. The Labute approximate surface area is 98.3 Å². The Morgan fingerprint density at radius 1 is 1.24 bits per heavy atom. The minimum Gasteiger partial charge on any atom is -0.393 e. The highest BCUT2D eigenvalue weighted by molar-refractivity contribution is 5.29. The second-order valence-electron chi connectivity index (χ2n) is 4.60. The van der Waals surface area contributed by atoms with E-state index in [1.165, 1.54) is 12.1 Å². The average molecular weight is 244 g/mol. The fourth-order valence-electron chi connectivity index (χ4n) is 2.54. The Kier molecular flexibility index (Phi) is 3.17. The highest BCUT2D eigenvalue weighted by Gasteiger charge is 2.39. The molecule has 17 heavy (non-hydrogen) atoms. The summed E-state index contributed by atoms with van der Waals surface area (Å²) in [5, 5.41) is 9.54. The standard InChI is InChI=1S/C13H15F3O/c1-2-10-11(7-12(10)17)8-3-5-9(6-4-8)13(14,15)16/h3-6,10-12,17H,2,7H2,1H3. The van der Waals surface area contributed by atoms with Gasteiger partial charge < -0.3 is 5.11 Å². The third kappa shape index (κ3) is 2.32. The van der Waals surface area contributed by atoms with Crippen LogP contribution in [0.25, 0.3) is 0 Å².